The van der Waals surface area contributed by atoms with Gasteiger partial charge in [0.1, 0.15) is 0 Å². The summed E-state index contributed by atoms with van der Waals surface area (Å²) in [5.74, 6) is -0.361. The fraction of sp³-hybridized carbons (Fsp3) is 0.455. The van der Waals surface area contributed by atoms with Gasteiger partial charge in [-0.05, 0) is 25.0 Å². The first-order chi connectivity index (χ1) is 14.5. The highest BCUT2D eigenvalue weighted by atomic mass is 35.5. The van der Waals surface area contributed by atoms with Crippen LogP contribution in [0.15, 0.2) is 29.6 Å². The number of amides is 3. The van der Waals surface area contributed by atoms with Crippen LogP contribution in [0.2, 0.25) is 5.02 Å². The van der Waals surface area contributed by atoms with Gasteiger partial charge in [0, 0.05) is 48.3 Å². The number of carbonyl (C=O) groups excluding carboxylic acids is 3. The van der Waals surface area contributed by atoms with E-state index < -0.39 is 5.41 Å². The third kappa shape index (κ3) is 4.42. The van der Waals surface area contributed by atoms with E-state index in [-0.39, 0.29) is 30.7 Å². The quantitative estimate of drug-likeness (QED) is 0.657. The molecule has 6 nitrogen and oxygen atoms in total. The largest absolute Gasteiger partial charge is 0.356 e. The number of halogens is 1. The number of thiazole rings is 1. The molecule has 1 aromatic heterocycles. The van der Waals surface area contributed by atoms with Gasteiger partial charge in [-0.25, -0.2) is 4.98 Å². The molecule has 1 saturated carbocycles. The molecule has 1 aromatic carbocycles. The van der Waals surface area contributed by atoms with Crippen molar-refractivity contribution < 1.29 is 14.4 Å². The van der Waals surface area contributed by atoms with Crippen molar-refractivity contribution in [1.29, 1.82) is 0 Å². The Morgan fingerprint density at radius 1 is 1.20 bits per heavy atom. The molecule has 1 spiro atoms. The Morgan fingerprint density at radius 2 is 1.93 bits per heavy atom. The molecule has 158 valence electrons. The van der Waals surface area contributed by atoms with Crippen LogP contribution in [-0.4, -0.2) is 40.7 Å². The minimum atomic E-state index is -0.472. The van der Waals surface area contributed by atoms with E-state index in [2.05, 4.69) is 10.3 Å². The highest BCUT2D eigenvalue weighted by Crippen LogP contribution is 2.46. The number of aromatic nitrogens is 1. The molecule has 0 radical (unpaired) electrons. The van der Waals surface area contributed by atoms with Gasteiger partial charge in [0.15, 0.2) is 0 Å². The maximum Gasteiger partial charge on any atom is 0.235 e. The van der Waals surface area contributed by atoms with E-state index in [4.69, 9.17) is 11.6 Å². The molecule has 2 aromatic rings. The Labute approximate surface area is 184 Å². The Hall–Kier alpha value is -2.25. The fourth-order valence-electron chi connectivity index (χ4n) is 4.32. The van der Waals surface area contributed by atoms with Gasteiger partial charge in [-0.1, -0.05) is 36.6 Å². The van der Waals surface area contributed by atoms with Gasteiger partial charge < -0.3 is 5.32 Å². The van der Waals surface area contributed by atoms with Crippen LogP contribution in [0.25, 0.3) is 11.3 Å². The zero-order valence-corrected chi connectivity index (χ0v) is 18.2. The number of rotatable bonds is 7. The average molecular weight is 446 g/mol. The molecule has 1 aliphatic carbocycles. The van der Waals surface area contributed by atoms with E-state index >= 15 is 0 Å². The van der Waals surface area contributed by atoms with Crippen LogP contribution in [0.1, 0.15) is 43.5 Å². The topological polar surface area (TPSA) is 79.4 Å². The lowest BCUT2D eigenvalue weighted by atomic mass is 9.84. The van der Waals surface area contributed by atoms with Crippen LogP contribution in [0, 0.1) is 5.41 Å². The SMILES string of the molecule is O=C(CCN1C(=O)CC2(CCCC2)C1=O)NCCc1nc(-c2ccc(Cl)cc2)cs1. The van der Waals surface area contributed by atoms with Crippen molar-refractivity contribution in [3.63, 3.8) is 0 Å². The van der Waals surface area contributed by atoms with Gasteiger partial charge in [-0.2, -0.15) is 0 Å². The molecule has 4 rings (SSSR count). The highest BCUT2D eigenvalue weighted by molar-refractivity contribution is 7.09. The molecule has 30 heavy (non-hydrogen) atoms. The number of nitrogens with zero attached hydrogens (tertiary/aromatic N) is 2. The first-order valence-corrected chi connectivity index (χ1v) is 11.5. The van der Waals surface area contributed by atoms with Gasteiger partial charge in [0.25, 0.3) is 0 Å². The van der Waals surface area contributed by atoms with Crippen molar-refractivity contribution >= 4 is 40.7 Å². The van der Waals surface area contributed by atoms with Gasteiger partial charge in [0.2, 0.25) is 17.7 Å². The summed E-state index contributed by atoms with van der Waals surface area (Å²) in [5.41, 5.74) is 1.43. The minimum Gasteiger partial charge on any atom is -0.356 e. The summed E-state index contributed by atoms with van der Waals surface area (Å²) >= 11 is 7.47. The van der Waals surface area contributed by atoms with E-state index in [1.54, 1.807) is 11.3 Å². The number of carbonyl (C=O) groups is 3. The Morgan fingerprint density at radius 3 is 2.67 bits per heavy atom. The summed E-state index contributed by atoms with van der Waals surface area (Å²) in [7, 11) is 0. The monoisotopic (exact) mass is 445 g/mol. The van der Waals surface area contributed by atoms with Gasteiger partial charge in [0.05, 0.1) is 16.1 Å². The molecule has 0 unspecified atom stereocenters. The van der Waals surface area contributed by atoms with Crippen molar-refractivity contribution in [2.45, 2.75) is 44.9 Å². The standard InChI is InChI=1S/C22H24ClN3O3S/c23-16-5-3-15(4-6-16)17-14-30-19(25-17)7-11-24-18(27)8-12-26-20(28)13-22(21(26)29)9-1-2-10-22/h3-6,14H,1-2,7-13H2,(H,24,27). The summed E-state index contributed by atoms with van der Waals surface area (Å²) in [5, 5.41) is 6.48. The van der Waals surface area contributed by atoms with Crippen LogP contribution >= 0.6 is 22.9 Å². The van der Waals surface area contributed by atoms with Crippen molar-refractivity contribution in [1.82, 2.24) is 15.2 Å². The summed E-state index contributed by atoms with van der Waals surface area (Å²) < 4.78 is 0. The molecular formula is C22H24ClN3O3S. The number of likely N-dealkylation sites (tertiary alicyclic amines) is 1. The normalized spacial score (nSPS) is 17.8. The van der Waals surface area contributed by atoms with Crippen LogP contribution < -0.4 is 5.32 Å². The van der Waals surface area contributed by atoms with Crippen molar-refractivity contribution in [2.75, 3.05) is 13.1 Å². The molecule has 1 aliphatic heterocycles. The highest BCUT2D eigenvalue weighted by Gasteiger charge is 2.52. The zero-order valence-electron chi connectivity index (χ0n) is 16.7. The van der Waals surface area contributed by atoms with E-state index in [1.165, 1.54) is 4.90 Å². The zero-order chi connectivity index (χ0) is 21.1. The maximum absolute atomic E-state index is 12.6. The summed E-state index contributed by atoms with van der Waals surface area (Å²) in [4.78, 5) is 43.0. The van der Waals surface area contributed by atoms with Crippen LogP contribution in [0.4, 0.5) is 0 Å². The molecular weight excluding hydrogens is 422 g/mol. The van der Waals surface area contributed by atoms with Crippen LogP contribution in [0.5, 0.6) is 0 Å². The molecule has 2 heterocycles. The van der Waals surface area contributed by atoms with E-state index in [0.29, 0.717) is 24.4 Å². The Balaban J connectivity index is 1.22. The summed E-state index contributed by atoms with van der Waals surface area (Å²) in [6, 6.07) is 7.53. The lowest BCUT2D eigenvalue weighted by Gasteiger charge is -2.20. The fourth-order valence-corrected chi connectivity index (χ4v) is 5.25. The first-order valence-electron chi connectivity index (χ1n) is 10.3. The van der Waals surface area contributed by atoms with E-state index in [1.807, 2.05) is 29.6 Å². The molecule has 3 amide bonds. The lowest BCUT2D eigenvalue weighted by molar-refractivity contribution is -0.141. The lowest BCUT2D eigenvalue weighted by Crippen LogP contribution is -2.37. The Kier molecular flexibility index (Phi) is 6.20. The van der Waals surface area contributed by atoms with E-state index in [9.17, 15) is 14.4 Å². The van der Waals surface area contributed by atoms with Crippen LogP contribution in [0.3, 0.4) is 0 Å². The van der Waals surface area contributed by atoms with Crippen molar-refractivity contribution in [3.05, 3.63) is 39.7 Å². The maximum atomic E-state index is 12.6. The molecule has 2 fully saturated rings. The Bertz CT molecular complexity index is 951. The summed E-state index contributed by atoms with van der Waals surface area (Å²) in [6.45, 7) is 0.640. The first kappa shape index (κ1) is 21.0. The van der Waals surface area contributed by atoms with E-state index in [0.717, 1.165) is 41.9 Å². The predicted molar refractivity (Wildman–Crippen MR) is 116 cm³/mol. The molecule has 0 atom stereocenters. The van der Waals surface area contributed by atoms with Gasteiger partial charge >= 0.3 is 0 Å². The molecule has 1 saturated heterocycles. The smallest absolute Gasteiger partial charge is 0.235 e. The average Bonchev–Trinajstić information content (AvgIpc) is 3.43. The van der Waals surface area contributed by atoms with Crippen molar-refractivity contribution in [3.8, 4) is 11.3 Å². The van der Waals surface area contributed by atoms with Gasteiger partial charge in [-0.15, -0.1) is 11.3 Å². The molecule has 8 heteroatoms. The molecule has 1 N–H and O–H groups in total. The second-order valence-electron chi connectivity index (χ2n) is 8.00. The number of imide groups is 1. The second-order valence-corrected chi connectivity index (χ2v) is 9.38. The summed E-state index contributed by atoms with van der Waals surface area (Å²) in [6.07, 6.45) is 4.69. The molecule has 2 aliphatic rings. The second kappa shape index (κ2) is 8.86. The predicted octanol–water partition coefficient (Wildman–Crippen LogP) is 3.83. The third-order valence-electron chi connectivity index (χ3n) is 5.97. The van der Waals surface area contributed by atoms with Crippen molar-refractivity contribution in [2.24, 2.45) is 5.41 Å². The van der Waals surface area contributed by atoms with Crippen LogP contribution in [-0.2, 0) is 20.8 Å². The molecule has 0 bridgehead atoms. The number of nitrogens with one attached hydrogen (secondary N) is 1. The number of hydrogen-bond donors (Lipinski definition) is 1. The minimum absolute atomic E-state index is 0.0738. The number of hydrogen-bond acceptors (Lipinski definition) is 5. The number of benzene rings is 1. The third-order valence-corrected chi connectivity index (χ3v) is 7.13. The van der Waals surface area contributed by atoms with Gasteiger partial charge in [-0.3, -0.25) is 19.3 Å².